The van der Waals surface area contributed by atoms with Crippen molar-refractivity contribution in [2.75, 3.05) is 6.61 Å². The highest BCUT2D eigenvalue weighted by Gasteiger charge is 2.56. The molecule has 358 valence electrons. The molecular formula is C55H60O13. The Morgan fingerprint density at radius 3 is 1.38 bits per heavy atom. The summed E-state index contributed by atoms with van der Waals surface area (Å²) in [6.07, 6.45) is -10.1. The zero-order valence-electron chi connectivity index (χ0n) is 38.5. The molecule has 2 fully saturated rings. The van der Waals surface area contributed by atoms with E-state index < -0.39 is 73.4 Å². The molecule has 0 radical (unpaired) electrons. The molecule has 2 saturated heterocycles. The summed E-state index contributed by atoms with van der Waals surface area (Å²) in [5.41, 5.74) is 4.20. The van der Waals surface area contributed by atoms with Crippen molar-refractivity contribution in [3.8, 4) is 0 Å². The lowest BCUT2D eigenvalue weighted by Crippen LogP contribution is -2.66. The van der Waals surface area contributed by atoms with Gasteiger partial charge in [-0.25, -0.2) is 4.79 Å². The van der Waals surface area contributed by atoms with Crippen molar-refractivity contribution in [3.05, 3.63) is 192 Å². The van der Waals surface area contributed by atoms with Crippen LogP contribution in [0.15, 0.2) is 164 Å². The number of ketones is 1. The molecule has 5 aromatic rings. The first-order valence-corrected chi connectivity index (χ1v) is 23.0. The fraction of sp³-hybridized carbons (Fsp3) is 0.364. The number of hydrogen-bond acceptors (Lipinski definition) is 13. The Hall–Kier alpha value is -5.87. The molecule has 0 bridgehead atoms. The molecular weight excluding hydrogens is 869 g/mol. The van der Waals surface area contributed by atoms with Crippen LogP contribution in [0.4, 0.5) is 0 Å². The second kappa shape index (κ2) is 26.0. The van der Waals surface area contributed by atoms with Crippen LogP contribution in [0.3, 0.4) is 0 Å². The molecule has 2 heterocycles. The predicted molar refractivity (Wildman–Crippen MR) is 250 cm³/mol. The van der Waals surface area contributed by atoms with Gasteiger partial charge in [0.15, 0.2) is 24.8 Å². The summed E-state index contributed by atoms with van der Waals surface area (Å²) in [4.78, 5) is 40.6. The van der Waals surface area contributed by atoms with Crippen molar-refractivity contribution < 1.29 is 61.8 Å². The second-order valence-corrected chi connectivity index (χ2v) is 16.7. The number of benzene rings is 5. The highest BCUT2D eigenvalue weighted by Crippen LogP contribution is 2.37. The summed E-state index contributed by atoms with van der Waals surface area (Å²) in [6.45, 7) is 7.52. The Morgan fingerprint density at radius 2 is 0.926 bits per heavy atom. The third-order valence-electron chi connectivity index (χ3n) is 11.4. The smallest absolute Gasteiger partial charge is 0.338 e. The van der Waals surface area contributed by atoms with Crippen LogP contribution in [-0.2, 0) is 94.8 Å². The second-order valence-electron chi connectivity index (χ2n) is 16.7. The van der Waals surface area contributed by atoms with Crippen LogP contribution >= 0.6 is 0 Å². The van der Waals surface area contributed by atoms with Crippen molar-refractivity contribution in [3.63, 3.8) is 0 Å². The SMILES string of the molecule is C=CCO[C@@H]1O[C@H](C(=O)OCc2ccccc2)[C@H](O[C@@H]2O[C@@H](C)[C@H](OCc3ccccc3)[C@@H](OCc3ccccc3)[C@H]2OC(=O)CCC(C)=O)[C@H](OCc2ccccc2)[C@H]1OCc1ccccc1. The maximum absolute atomic E-state index is 14.6. The van der Waals surface area contributed by atoms with E-state index in [2.05, 4.69) is 6.58 Å². The summed E-state index contributed by atoms with van der Waals surface area (Å²) in [6, 6.07) is 47.5. The number of ether oxygens (including phenoxy) is 10. The normalized spacial score (nSPS) is 24.7. The predicted octanol–water partition coefficient (Wildman–Crippen LogP) is 8.41. The summed E-state index contributed by atoms with van der Waals surface area (Å²) in [5, 5.41) is 0. The zero-order valence-corrected chi connectivity index (χ0v) is 38.5. The molecule has 13 heteroatoms. The molecule has 2 aliphatic heterocycles. The fourth-order valence-corrected chi connectivity index (χ4v) is 7.96. The molecule has 68 heavy (non-hydrogen) atoms. The quantitative estimate of drug-likeness (QED) is 0.0432. The minimum absolute atomic E-state index is 0.0465. The van der Waals surface area contributed by atoms with E-state index in [9.17, 15) is 14.4 Å². The molecule has 0 spiro atoms. The topological polar surface area (TPSA) is 144 Å². The number of Topliss-reactive ketones (excluding diaryl/α,β-unsaturated/α-hetero) is 1. The molecule has 0 amide bonds. The van der Waals surface area contributed by atoms with E-state index in [0.29, 0.717) is 0 Å². The van der Waals surface area contributed by atoms with E-state index in [-0.39, 0.29) is 58.3 Å². The standard InChI is InChI=1S/C55H60O13/c1-4-32-59-54-51(63-36-43-26-16-8-17-27-43)48(62-35-42-24-14-7-15-25-42)49(50(68-54)53(58)64-37-44-28-18-9-19-29-44)67-55-52(66-45(57)31-30-38(2)56)47(61-34-41-22-12-6-13-23-41)46(39(3)65-55)60-33-40-20-10-5-11-21-40/h4-29,39,46-52,54-55H,1,30-37H2,2-3H3/t39-,46-,47+,48-,49+,50-,51+,52+,54+,55-/m0/s1. The lowest BCUT2D eigenvalue weighted by atomic mass is 9.95. The number of carbonyl (C=O) groups excluding carboxylic acids is 3. The highest BCUT2D eigenvalue weighted by atomic mass is 16.8. The molecule has 2 aliphatic rings. The first-order valence-electron chi connectivity index (χ1n) is 23.0. The average Bonchev–Trinajstić information content (AvgIpc) is 3.37. The van der Waals surface area contributed by atoms with Crippen molar-refractivity contribution >= 4 is 17.7 Å². The Balaban J connectivity index is 1.29. The summed E-state index contributed by atoms with van der Waals surface area (Å²) >= 11 is 0. The zero-order chi connectivity index (χ0) is 47.5. The van der Waals surface area contributed by atoms with Crippen LogP contribution in [0, 0.1) is 0 Å². The number of carbonyl (C=O) groups is 3. The van der Waals surface area contributed by atoms with E-state index in [1.54, 1.807) is 6.08 Å². The molecule has 10 atom stereocenters. The first-order chi connectivity index (χ1) is 33.2. The van der Waals surface area contributed by atoms with Crippen LogP contribution in [0.25, 0.3) is 0 Å². The van der Waals surface area contributed by atoms with E-state index in [1.807, 2.05) is 159 Å². The Morgan fingerprint density at radius 1 is 0.500 bits per heavy atom. The largest absolute Gasteiger partial charge is 0.459 e. The van der Waals surface area contributed by atoms with Crippen LogP contribution in [0.5, 0.6) is 0 Å². The molecule has 0 unspecified atom stereocenters. The van der Waals surface area contributed by atoms with Crippen molar-refractivity contribution in [2.24, 2.45) is 0 Å². The van der Waals surface area contributed by atoms with E-state index >= 15 is 0 Å². The van der Waals surface area contributed by atoms with Gasteiger partial charge >= 0.3 is 11.9 Å². The maximum atomic E-state index is 14.6. The van der Waals surface area contributed by atoms with Gasteiger partial charge in [0.25, 0.3) is 0 Å². The summed E-state index contributed by atoms with van der Waals surface area (Å²) < 4.78 is 65.7. The maximum Gasteiger partial charge on any atom is 0.338 e. The van der Waals surface area contributed by atoms with Gasteiger partial charge in [0.2, 0.25) is 0 Å². The average molecular weight is 929 g/mol. The molecule has 0 aromatic heterocycles. The van der Waals surface area contributed by atoms with Gasteiger partial charge in [-0.3, -0.25) is 4.79 Å². The van der Waals surface area contributed by atoms with E-state index in [0.717, 1.165) is 27.8 Å². The van der Waals surface area contributed by atoms with Gasteiger partial charge in [-0.2, -0.15) is 0 Å². The van der Waals surface area contributed by atoms with Crippen LogP contribution < -0.4 is 0 Å². The Kier molecular flexibility index (Phi) is 19.2. The number of hydrogen-bond donors (Lipinski definition) is 0. The van der Waals surface area contributed by atoms with Crippen LogP contribution in [-0.4, -0.2) is 85.7 Å². The third-order valence-corrected chi connectivity index (χ3v) is 11.4. The van der Waals surface area contributed by atoms with Gasteiger partial charge in [0.1, 0.15) is 42.9 Å². The number of rotatable bonds is 24. The van der Waals surface area contributed by atoms with E-state index in [1.165, 1.54) is 6.92 Å². The van der Waals surface area contributed by atoms with Crippen molar-refractivity contribution in [1.29, 1.82) is 0 Å². The van der Waals surface area contributed by atoms with Crippen molar-refractivity contribution in [1.82, 2.24) is 0 Å². The van der Waals surface area contributed by atoms with Gasteiger partial charge in [-0.1, -0.05) is 158 Å². The van der Waals surface area contributed by atoms with Gasteiger partial charge in [0.05, 0.1) is 45.6 Å². The summed E-state index contributed by atoms with van der Waals surface area (Å²) in [7, 11) is 0. The third kappa shape index (κ3) is 14.6. The van der Waals surface area contributed by atoms with Crippen LogP contribution in [0.2, 0.25) is 0 Å². The first kappa shape index (κ1) is 50.0. The Bertz CT molecular complexity index is 2280. The lowest BCUT2D eigenvalue weighted by Gasteiger charge is -2.49. The monoisotopic (exact) mass is 928 g/mol. The molecule has 0 N–H and O–H groups in total. The van der Waals surface area contributed by atoms with Crippen LogP contribution in [0.1, 0.15) is 54.5 Å². The fourth-order valence-electron chi connectivity index (χ4n) is 7.96. The minimum Gasteiger partial charge on any atom is -0.459 e. The summed E-state index contributed by atoms with van der Waals surface area (Å²) in [5.74, 6) is -1.65. The van der Waals surface area contributed by atoms with Gasteiger partial charge < -0.3 is 52.2 Å². The molecule has 5 aromatic carbocycles. The van der Waals surface area contributed by atoms with Gasteiger partial charge in [0, 0.05) is 6.42 Å². The van der Waals surface area contributed by atoms with Gasteiger partial charge in [-0.05, 0) is 41.7 Å². The van der Waals surface area contributed by atoms with Crippen molar-refractivity contribution in [2.45, 2.75) is 121 Å². The number of esters is 2. The van der Waals surface area contributed by atoms with E-state index in [4.69, 9.17) is 47.4 Å². The van der Waals surface area contributed by atoms with Gasteiger partial charge in [-0.15, -0.1) is 6.58 Å². The lowest BCUT2D eigenvalue weighted by molar-refractivity contribution is -0.364. The molecule has 0 aliphatic carbocycles. The highest BCUT2D eigenvalue weighted by molar-refractivity contribution is 5.81. The molecule has 13 nitrogen and oxygen atoms in total. The Labute approximate surface area is 398 Å². The minimum atomic E-state index is -1.51. The molecule has 7 rings (SSSR count). The molecule has 0 saturated carbocycles.